The minimum Gasteiger partial charge on any atom is -0.474 e. The number of amides is 1. The zero-order valence-corrected chi connectivity index (χ0v) is 18.4. The number of ether oxygens (including phenoxy) is 2. The number of pyridine rings is 1. The summed E-state index contributed by atoms with van der Waals surface area (Å²) in [5.74, 6) is -0.0641. The second kappa shape index (κ2) is 9.74. The highest BCUT2D eigenvalue weighted by molar-refractivity contribution is 7.89. The van der Waals surface area contributed by atoms with Gasteiger partial charge < -0.3 is 14.8 Å². The summed E-state index contributed by atoms with van der Waals surface area (Å²) in [4.78, 5) is 16.7. The number of halogens is 1. The van der Waals surface area contributed by atoms with Crippen LogP contribution >= 0.6 is 11.6 Å². The van der Waals surface area contributed by atoms with Crippen LogP contribution in [0.3, 0.4) is 0 Å². The quantitative estimate of drug-likeness (QED) is 0.691. The molecule has 0 atom stereocenters. The number of benzene rings is 1. The normalized spacial score (nSPS) is 15.2. The van der Waals surface area contributed by atoms with Gasteiger partial charge in [0.1, 0.15) is 5.02 Å². The highest BCUT2D eigenvalue weighted by atomic mass is 35.5. The lowest BCUT2D eigenvalue weighted by Gasteiger charge is -2.26. The van der Waals surface area contributed by atoms with Gasteiger partial charge in [-0.05, 0) is 37.6 Å². The predicted octanol–water partition coefficient (Wildman–Crippen LogP) is 2.47. The van der Waals surface area contributed by atoms with E-state index in [-0.39, 0.29) is 34.4 Å². The van der Waals surface area contributed by atoms with Crippen molar-refractivity contribution >= 4 is 27.5 Å². The van der Waals surface area contributed by atoms with Gasteiger partial charge in [-0.15, -0.1) is 0 Å². The summed E-state index contributed by atoms with van der Waals surface area (Å²) in [5.41, 5.74) is 1.07. The van der Waals surface area contributed by atoms with Gasteiger partial charge in [-0.2, -0.15) is 4.31 Å². The highest BCUT2D eigenvalue weighted by Crippen LogP contribution is 2.23. The van der Waals surface area contributed by atoms with Crippen LogP contribution in [0.5, 0.6) is 5.88 Å². The van der Waals surface area contributed by atoms with Crippen molar-refractivity contribution in [2.75, 3.05) is 26.3 Å². The Morgan fingerprint density at radius 3 is 2.53 bits per heavy atom. The lowest BCUT2D eigenvalue weighted by molar-refractivity contribution is 0.0730. The van der Waals surface area contributed by atoms with E-state index in [2.05, 4.69) is 10.3 Å². The number of rotatable bonds is 7. The van der Waals surface area contributed by atoms with Crippen molar-refractivity contribution in [1.82, 2.24) is 14.6 Å². The monoisotopic (exact) mass is 453 g/mol. The third kappa shape index (κ3) is 5.48. The van der Waals surface area contributed by atoms with Crippen LogP contribution in [0.25, 0.3) is 0 Å². The second-order valence-electron chi connectivity index (χ2n) is 7.02. The summed E-state index contributed by atoms with van der Waals surface area (Å²) < 4.78 is 37.4. The van der Waals surface area contributed by atoms with Gasteiger partial charge in [-0.25, -0.2) is 13.4 Å². The van der Waals surface area contributed by atoms with Crippen molar-refractivity contribution in [3.63, 3.8) is 0 Å². The van der Waals surface area contributed by atoms with Crippen molar-refractivity contribution in [2.45, 2.75) is 31.4 Å². The Hall–Kier alpha value is -2.20. The Kier molecular flexibility index (Phi) is 7.30. The molecule has 1 aliphatic heterocycles. The fourth-order valence-electron chi connectivity index (χ4n) is 2.86. The molecule has 1 N–H and O–H groups in total. The van der Waals surface area contributed by atoms with E-state index in [1.807, 2.05) is 13.8 Å². The standard InChI is InChI=1S/C20H24ClN3O5S/c1-14(2)29-20-18(21)11-16(13-23-20)19(25)22-12-15-3-5-17(6-4-15)30(26,27)24-7-9-28-10-8-24/h3-6,11,13-14H,7-10,12H2,1-2H3,(H,22,25). The number of hydrogen-bond donors (Lipinski definition) is 1. The van der Waals surface area contributed by atoms with Crippen molar-refractivity contribution in [3.8, 4) is 5.88 Å². The average molecular weight is 454 g/mol. The van der Waals surface area contributed by atoms with Crippen LogP contribution in [-0.4, -0.2) is 56.0 Å². The molecule has 10 heteroatoms. The van der Waals surface area contributed by atoms with Gasteiger partial charge in [0.25, 0.3) is 5.91 Å². The van der Waals surface area contributed by atoms with Gasteiger partial charge in [-0.3, -0.25) is 4.79 Å². The number of hydrogen-bond acceptors (Lipinski definition) is 6. The first-order valence-electron chi connectivity index (χ1n) is 9.54. The van der Waals surface area contributed by atoms with Crippen molar-refractivity contribution in [1.29, 1.82) is 0 Å². The average Bonchev–Trinajstić information content (AvgIpc) is 2.74. The molecule has 1 aromatic heterocycles. The number of sulfonamides is 1. The molecular formula is C20H24ClN3O5S. The highest BCUT2D eigenvalue weighted by Gasteiger charge is 2.26. The van der Waals surface area contributed by atoms with Crippen molar-refractivity contribution in [3.05, 3.63) is 52.7 Å². The van der Waals surface area contributed by atoms with E-state index in [1.165, 1.54) is 16.6 Å². The van der Waals surface area contributed by atoms with E-state index in [1.54, 1.807) is 24.3 Å². The number of nitrogens with one attached hydrogen (secondary N) is 1. The molecule has 0 saturated carbocycles. The summed E-state index contributed by atoms with van der Waals surface area (Å²) in [6.45, 7) is 5.43. The van der Waals surface area contributed by atoms with E-state index in [0.717, 1.165) is 5.56 Å². The van der Waals surface area contributed by atoms with Crippen LogP contribution in [0.15, 0.2) is 41.4 Å². The summed E-state index contributed by atoms with van der Waals surface area (Å²) >= 11 is 6.12. The first kappa shape index (κ1) is 22.5. The smallest absolute Gasteiger partial charge is 0.253 e. The minimum atomic E-state index is -3.54. The SMILES string of the molecule is CC(C)Oc1ncc(C(=O)NCc2ccc(S(=O)(=O)N3CCOCC3)cc2)cc1Cl. The molecule has 162 valence electrons. The van der Waals surface area contributed by atoms with Crippen LogP contribution in [-0.2, 0) is 21.3 Å². The Morgan fingerprint density at radius 2 is 1.93 bits per heavy atom. The zero-order chi connectivity index (χ0) is 21.7. The topological polar surface area (TPSA) is 97.8 Å². The lowest BCUT2D eigenvalue weighted by Crippen LogP contribution is -2.40. The van der Waals surface area contributed by atoms with Crippen LogP contribution in [0.2, 0.25) is 5.02 Å². The number of aromatic nitrogens is 1. The fourth-order valence-corrected chi connectivity index (χ4v) is 4.48. The molecule has 0 spiro atoms. The van der Waals surface area contributed by atoms with E-state index in [4.69, 9.17) is 21.1 Å². The minimum absolute atomic E-state index is 0.0790. The Morgan fingerprint density at radius 1 is 1.27 bits per heavy atom. The third-order valence-electron chi connectivity index (χ3n) is 4.40. The molecule has 2 aromatic rings. The predicted molar refractivity (Wildman–Crippen MR) is 112 cm³/mol. The summed E-state index contributed by atoms with van der Waals surface area (Å²) in [7, 11) is -3.54. The molecule has 0 bridgehead atoms. The molecule has 2 heterocycles. The van der Waals surface area contributed by atoms with Crippen LogP contribution in [0.4, 0.5) is 0 Å². The maximum Gasteiger partial charge on any atom is 0.253 e. The van der Waals surface area contributed by atoms with Gasteiger partial charge in [0.15, 0.2) is 0 Å². The molecule has 30 heavy (non-hydrogen) atoms. The molecule has 3 rings (SSSR count). The zero-order valence-electron chi connectivity index (χ0n) is 16.8. The summed E-state index contributed by atoms with van der Waals surface area (Å²) in [6, 6.07) is 7.95. The fraction of sp³-hybridized carbons (Fsp3) is 0.400. The summed E-state index contributed by atoms with van der Waals surface area (Å²) in [6.07, 6.45) is 1.32. The van der Waals surface area contributed by atoms with E-state index < -0.39 is 10.0 Å². The van der Waals surface area contributed by atoms with Gasteiger partial charge in [0.2, 0.25) is 15.9 Å². The van der Waals surface area contributed by atoms with Gasteiger partial charge >= 0.3 is 0 Å². The first-order chi connectivity index (χ1) is 14.3. The molecule has 1 aliphatic rings. The van der Waals surface area contributed by atoms with Gasteiger partial charge in [-0.1, -0.05) is 23.7 Å². The van der Waals surface area contributed by atoms with Crippen molar-refractivity contribution < 1.29 is 22.7 Å². The van der Waals surface area contributed by atoms with Gasteiger partial charge in [0, 0.05) is 25.8 Å². The molecule has 0 radical (unpaired) electrons. The van der Waals surface area contributed by atoms with E-state index in [9.17, 15) is 13.2 Å². The largest absolute Gasteiger partial charge is 0.474 e. The van der Waals surface area contributed by atoms with Crippen molar-refractivity contribution in [2.24, 2.45) is 0 Å². The molecular weight excluding hydrogens is 430 g/mol. The Labute approximate surface area is 181 Å². The third-order valence-corrected chi connectivity index (χ3v) is 6.58. The van der Waals surface area contributed by atoms with Crippen LogP contribution in [0.1, 0.15) is 29.8 Å². The van der Waals surface area contributed by atoms with Gasteiger partial charge in [0.05, 0.1) is 29.8 Å². The molecule has 0 aliphatic carbocycles. The summed E-state index contributed by atoms with van der Waals surface area (Å²) in [5, 5.41) is 3.03. The molecule has 1 amide bonds. The number of morpholine rings is 1. The Balaban J connectivity index is 1.61. The molecule has 0 unspecified atom stereocenters. The molecule has 8 nitrogen and oxygen atoms in total. The van der Waals surface area contributed by atoms with E-state index >= 15 is 0 Å². The van der Waals surface area contributed by atoms with Crippen LogP contribution < -0.4 is 10.1 Å². The first-order valence-corrected chi connectivity index (χ1v) is 11.4. The molecule has 1 aromatic carbocycles. The lowest BCUT2D eigenvalue weighted by atomic mass is 10.2. The van der Waals surface area contributed by atoms with Crippen LogP contribution in [0, 0.1) is 0 Å². The molecule has 1 saturated heterocycles. The Bertz CT molecular complexity index is 990. The molecule has 1 fully saturated rings. The second-order valence-corrected chi connectivity index (χ2v) is 9.37. The number of nitrogens with zero attached hydrogens (tertiary/aromatic N) is 2. The maximum absolute atomic E-state index is 12.6. The number of carbonyl (C=O) groups excluding carboxylic acids is 1. The maximum atomic E-state index is 12.6. The van der Waals surface area contributed by atoms with E-state index in [0.29, 0.717) is 31.9 Å². The number of carbonyl (C=O) groups is 1.